The summed E-state index contributed by atoms with van der Waals surface area (Å²) < 4.78 is 24.7. The Labute approximate surface area is 286 Å². The van der Waals surface area contributed by atoms with Crippen molar-refractivity contribution >= 4 is 65.3 Å². The number of fused-ring (bicyclic) bond motifs is 1. The number of aromatic nitrogens is 2. The number of carbonyl (C=O) groups is 2. The first kappa shape index (κ1) is 38.1. The summed E-state index contributed by atoms with van der Waals surface area (Å²) in [5, 5.41) is 13.4. The number of aliphatic carboxylic acids is 1. The van der Waals surface area contributed by atoms with E-state index in [1.807, 2.05) is 47.4 Å². The fourth-order valence-electron chi connectivity index (χ4n) is 5.41. The molecular formula is C29H40BrN7O9P2. The number of nitrogens with zero attached hydrogens (tertiary/aromatic N) is 6. The maximum Gasteiger partial charge on any atom is 0.339 e. The number of nitrogens with one attached hydrogen (secondary N) is 1. The van der Waals surface area contributed by atoms with Gasteiger partial charge in [0.25, 0.3) is 0 Å². The van der Waals surface area contributed by atoms with Crippen LogP contribution in [-0.4, -0.2) is 144 Å². The summed E-state index contributed by atoms with van der Waals surface area (Å²) in [7, 11) is -8.88. The van der Waals surface area contributed by atoms with Crippen LogP contribution < -0.4 is 5.32 Å². The maximum atomic E-state index is 13.4. The van der Waals surface area contributed by atoms with Crippen molar-refractivity contribution in [2.24, 2.45) is 0 Å². The van der Waals surface area contributed by atoms with Crippen LogP contribution in [0.2, 0.25) is 0 Å². The van der Waals surface area contributed by atoms with E-state index in [2.05, 4.69) is 31.2 Å². The van der Waals surface area contributed by atoms with Crippen LogP contribution in [-0.2, 0) is 25.1 Å². The second kappa shape index (κ2) is 17.3. The second-order valence-corrected chi connectivity index (χ2v) is 15.9. The minimum atomic E-state index is -4.44. The molecule has 262 valence electrons. The normalized spacial score (nSPS) is 17.1. The molecule has 0 bridgehead atoms. The van der Waals surface area contributed by atoms with Crippen LogP contribution in [0.3, 0.4) is 0 Å². The molecular weight excluding hydrogens is 732 g/mol. The van der Waals surface area contributed by atoms with Gasteiger partial charge < -0.3 is 30.0 Å². The molecule has 19 heteroatoms. The first-order chi connectivity index (χ1) is 22.6. The number of halogens is 1. The van der Waals surface area contributed by atoms with Crippen molar-refractivity contribution in [3.63, 3.8) is 0 Å². The zero-order valence-electron chi connectivity index (χ0n) is 26.1. The third-order valence-electron chi connectivity index (χ3n) is 7.67. The van der Waals surface area contributed by atoms with Crippen molar-refractivity contribution in [1.29, 1.82) is 0 Å². The lowest BCUT2D eigenvalue weighted by molar-refractivity contribution is -0.138. The highest BCUT2D eigenvalue weighted by Gasteiger charge is 2.25. The van der Waals surface area contributed by atoms with Crippen LogP contribution in [0.15, 0.2) is 53.3 Å². The van der Waals surface area contributed by atoms with Gasteiger partial charge in [-0.25, -0.2) is 9.97 Å². The summed E-state index contributed by atoms with van der Waals surface area (Å²) in [4.78, 5) is 78.7. The van der Waals surface area contributed by atoms with Crippen molar-refractivity contribution in [2.45, 2.75) is 6.42 Å². The number of hydrogen-bond donors (Lipinski definition) is 6. The molecule has 48 heavy (non-hydrogen) atoms. The number of hydrogen-bond acceptors (Lipinski definition) is 11. The molecule has 0 amide bonds. The fraction of sp³-hybridized carbons (Fsp3) is 0.448. The summed E-state index contributed by atoms with van der Waals surface area (Å²) >= 11 is 3.42. The molecule has 4 rings (SSSR count). The molecule has 0 saturated carbocycles. The molecule has 0 atom stereocenters. The molecule has 2 heterocycles. The van der Waals surface area contributed by atoms with E-state index in [0.29, 0.717) is 11.3 Å². The Bertz CT molecular complexity index is 1620. The molecule has 0 radical (unpaired) electrons. The van der Waals surface area contributed by atoms with Crippen LogP contribution in [0.25, 0.3) is 10.9 Å². The van der Waals surface area contributed by atoms with Crippen molar-refractivity contribution in [3.8, 4) is 0 Å². The molecule has 3 aromatic rings. The Kier molecular flexibility index (Phi) is 13.8. The van der Waals surface area contributed by atoms with E-state index in [-0.39, 0.29) is 77.7 Å². The minimum absolute atomic E-state index is 0.00315. The van der Waals surface area contributed by atoms with Crippen molar-refractivity contribution < 1.29 is 43.4 Å². The third-order valence-corrected chi connectivity index (χ3v) is 9.73. The van der Waals surface area contributed by atoms with Crippen molar-refractivity contribution in [3.05, 3.63) is 58.8 Å². The van der Waals surface area contributed by atoms with Crippen molar-refractivity contribution in [2.75, 3.05) is 83.3 Å². The molecule has 0 aliphatic carbocycles. The smallest absolute Gasteiger partial charge is 0.339 e. The zero-order valence-corrected chi connectivity index (χ0v) is 29.5. The number of carbonyl (C=O) groups excluding carboxylic acids is 1. The van der Waals surface area contributed by atoms with Gasteiger partial charge in [-0.1, -0.05) is 22.0 Å². The molecule has 0 spiro atoms. The number of anilines is 2. The summed E-state index contributed by atoms with van der Waals surface area (Å²) in [5.74, 6) is -0.601. The molecule has 0 unspecified atom stereocenters. The predicted octanol–water partition coefficient (Wildman–Crippen LogP) is 1.82. The highest BCUT2D eigenvalue weighted by Crippen LogP contribution is 2.36. The number of ketones is 1. The van der Waals surface area contributed by atoms with Gasteiger partial charge in [-0.3, -0.25) is 38.3 Å². The van der Waals surface area contributed by atoms with E-state index in [0.717, 1.165) is 21.1 Å². The average Bonchev–Trinajstić information content (AvgIpc) is 2.98. The highest BCUT2D eigenvalue weighted by molar-refractivity contribution is 9.10. The second-order valence-electron chi connectivity index (χ2n) is 11.7. The number of Topliss-reactive ketones (excluding diaryl/α,β-unsaturated/α-hetero) is 1. The lowest BCUT2D eigenvalue weighted by Gasteiger charge is -2.33. The van der Waals surface area contributed by atoms with E-state index in [9.17, 15) is 43.4 Å². The topological polar surface area (TPSA) is 220 Å². The fourth-order valence-corrected chi connectivity index (χ4v) is 7.28. The number of rotatable bonds is 12. The zero-order chi connectivity index (χ0) is 34.9. The molecule has 1 fully saturated rings. The van der Waals surface area contributed by atoms with E-state index < -0.39 is 33.7 Å². The van der Waals surface area contributed by atoms with Gasteiger partial charge in [0.1, 0.15) is 24.7 Å². The van der Waals surface area contributed by atoms with Crippen LogP contribution in [0.5, 0.6) is 0 Å². The molecule has 2 aromatic carbocycles. The van der Waals surface area contributed by atoms with Gasteiger partial charge in [0.15, 0.2) is 5.78 Å². The lowest BCUT2D eigenvalue weighted by atomic mass is 10.1. The molecule has 6 N–H and O–H groups in total. The monoisotopic (exact) mass is 771 g/mol. The van der Waals surface area contributed by atoms with E-state index >= 15 is 0 Å². The molecule has 1 aromatic heterocycles. The SMILES string of the molecule is O=C(O)CN1CCN(CP(=O)(O)O)CCN(CC(=O)Cc2ccc3c(Nc4ccc(Br)cc4)ncnc3c2)CCN(CP(=O)(O)O)CC1. The Hall–Kier alpha value is -2.66. The first-order valence-electron chi connectivity index (χ1n) is 15.1. The number of carboxylic acid groups (broad SMARTS) is 1. The quantitative estimate of drug-likeness (QED) is 0.145. The van der Waals surface area contributed by atoms with Gasteiger partial charge in [-0.15, -0.1) is 0 Å². The highest BCUT2D eigenvalue weighted by atomic mass is 79.9. The summed E-state index contributed by atoms with van der Waals surface area (Å²) in [5.41, 5.74) is 2.24. The number of carboxylic acids is 1. The molecule has 1 aliphatic heterocycles. The Morgan fingerprint density at radius 2 is 1.27 bits per heavy atom. The van der Waals surface area contributed by atoms with Crippen LogP contribution in [0.1, 0.15) is 5.56 Å². The average molecular weight is 773 g/mol. The van der Waals surface area contributed by atoms with Gasteiger partial charge in [0.2, 0.25) is 0 Å². The maximum absolute atomic E-state index is 13.4. The largest absolute Gasteiger partial charge is 0.480 e. The Morgan fingerprint density at radius 1 is 0.750 bits per heavy atom. The number of benzene rings is 2. The van der Waals surface area contributed by atoms with Crippen LogP contribution >= 0.6 is 31.1 Å². The van der Waals surface area contributed by atoms with Crippen LogP contribution in [0, 0.1) is 0 Å². The third kappa shape index (κ3) is 13.3. The van der Waals surface area contributed by atoms with Gasteiger partial charge in [0.05, 0.1) is 18.6 Å². The molecule has 16 nitrogen and oxygen atoms in total. The van der Waals surface area contributed by atoms with Crippen molar-refractivity contribution in [1.82, 2.24) is 29.6 Å². The minimum Gasteiger partial charge on any atom is -0.480 e. The molecule has 1 aliphatic rings. The Morgan fingerprint density at radius 3 is 1.79 bits per heavy atom. The van der Waals surface area contributed by atoms with Gasteiger partial charge in [-0.2, -0.15) is 0 Å². The van der Waals surface area contributed by atoms with Gasteiger partial charge >= 0.3 is 21.2 Å². The first-order valence-corrected chi connectivity index (χ1v) is 19.5. The van der Waals surface area contributed by atoms with E-state index in [4.69, 9.17) is 0 Å². The Balaban J connectivity index is 1.47. The predicted molar refractivity (Wildman–Crippen MR) is 183 cm³/mol. The summed E-state index contributed by atoms with van der Waals surface area (Å²) in [6, 6.07) is 13.1. The summed E-state index contributed by atoms with van der Waals surface area (Å²) in [6.45, 7) is 1.13. The standard InChI is InChI=1S/C29H40BrN7O9P2/c30-23-2-4-24(5-3-23)33-29-26-6-1-22(16-27(26)31-19-32-29)15-25(38)17-34-7-11-36(20-47(41,42)43)13-9-35(18-28(39)40)10-14-37(12-8-34)21-48(44,45)46/h1-6,16,19H,7-15,17-18,20-21H2,(H,39,40)(H,31,32,33)(H2,41,42,43)(H2,44,45,46). The van der Waals surface area contributed by atoms with Gasteiger partial charge in [-0.05, 0) is 42.0 Å². The molecule has 1 saturated heterocycles. The summed E-state index contributed by atoms with van der Waals surface area (Å²) in [6.07, 6.45) is 0.475. The van der Waals surface area contributed by atoms with E-state index in [1.165, 1.54) is 6.33 Å². The van der Waals surface area contributed by atoms with E-state index in [1.54, 1.807) is 14.7 Å². The van der Waals surface area contributed by atoms with Crippen LogP contribution in [0.4, 0.5) is 11.5 Å². The van der Waals surface area contributed by atoms with Gasteiger partial charge in [0, 0.05) is 74.3 Å². The lowest BCUT2D eigenvalue weighted by Crippen LogP contribution is -2.48.